The Balaban J connectivity index is 1.74. The summed E-state index contributed by atoms with van der Waals surface area (Å²) in [5.41, 5.74) is 2.35. The third-order valence-corrected chi connectivity index (χ3v) is 6.13. The zero-order valence-corrected chi connectivity index (χ0v) is 17.1. The minimum Gasteiger partial charge on any atom is -0.331 e. The molecule has 1 N–H and O–H groups in total. The van der Waals surface area contributed by atoms with Crippen LogP contribution in [0.4, 0.5) is 4.79 Å². The fourth-order valence-corrected chi connectivity index (χ4v) is 4.17. The number of benzene rings is 1. The van der Waals surface area contributed by atoms with Crippen molar-refractivity contribution in [2.75, 3.05) is 7.05 Å². The number of urea groups is 1. The van der Waals surface area contributed by atoms with Gasteiger partial charge in [0.2, 0.25) is 0 Å². The summed E-state index contributed by atoms with van der Waals surface area (Å²) in [6, 6.07) is 3.75. The van der Waals surface area contributed by atoms with Crippen LogP contribution in [0.25, 0.3) is 11.1 Å². The molecule has 0 saturated heterocycles. The van der Waals surface area contributed by atoms with Crippen molar-refractivity contribution in [2.45, 2.75) is 51.1 Å². The van der Waals surface area contributed by atoms with Crippen LogP contribution in [0.2, 0.25) is 10.0 Å². The topological polar surface area (TPSA) is 58.1 Å². The van der Waals surface area contributed by atoms with Crippen LogP contribution in [0.5, 0.6) is 0 Å². The van der Waals surface area contributed by atoms with Crippen molar-refractivity contribution in [3.63, 3.8) is 0 Å². The molecule has 2 aromatic rings. The molecule has 144 valence electrons. The highest BCUT2D eigenvalue weighted by Gasteiger charge is 2.24. The number of nitrogens with one attached hydrogen (secondary N) is 1. The maximum Gasteiger partial charge on any atom is 0.317 e. The molecule has 1 aromatic carbocycles. The lowest BCUT2D eigenvalue weighted by Gasteiger charge is -2.32. The number of carbonyl (C=O) groups is 1. The van der Waals surface area contributed by atoms with Crippen molar-refractivity contribution in [1.29, 1.82) is 0 Å². The molecule has 0 radical (unpaired) electrons. The average Bonchev–Trinajstić information content (AvgIpc) is 2.70. The Morgan fingerprint density at radius 1 is 1.15 bits per heavy atom. The van der Waals surface area contributed by atoms with E-state index in [1.165, 1.54) is 25.6 Å². The van der Waals surface area contributed by atoms with Crippen molar-refractivity contribution >= 4 is 29.2 Å². The molecule has 0 bridgehead atoms. The van der Waals surface area contributed by atoms with Gasteiger partial charge in [0, 0.05) is 36.6 Å². The van der Waals surface area contributed by atoms with Crippen LogP contribution in [0.3, 0.4) is 0 Å². The molecule has 7 heteroatoms. The van der Waals surface area contributed by atoms with Gasteiger partial charge >= 0.3 is 6.03 Å². The van der Waals surface area contributed by atoms with Crippen molar-refractivity contribution in [2.24, 2.45) is 0 Å². The summed E-state index contributed by atoms with van der Waals surface area (Å²) in [5, 5.41) is 3.91. The Morgan fingerprint density at radius 3 is 2.48 bits per heavy atom. The molecule has 1 fully saturated rings. The Hall–Kier alpha value is -1.85. The summed E-state index contributed by atoms with van der Waals surface area (Å²) < 4.78 is 0. The predicted molar refractivity (Wildman–Crippen MR) is 109 cm³/mol. The lowest BCUT2D eigenvalue weighted by Crippen LogP contribution is -2.45. The molecule has 5 nitrogen and oxygen atoms in total. The van der Waals surface area contributed by atoms with Crippen LogP contribution in [0.15, 0.2) is 30.9 Å². The first-order valence-corrected chi connectivity index (χ1v) is 10.0. The Kier molecular flexibility index (Phi) is 6.55. The van der Waals surface area contributed by atoms with Crippen LogP contribution < -0.4 is 5.32 Å². The first-order valence-electron chi connectivity index (χ1n) is 9.25. The minimum absolute atomic E-state index is 0.0814. The summed E-state index contributed by atoms with van der Waals surface area (Å²) in [4.78, 5) is 22.5. The molecule has 1 aromatic heterocycles. The maximum atomic E-state index is 12.6. The fourth-order valence-electron chi connectivity index (χ4n) is 3.56. The molecule has 1 aliphatic carbocycles. The molecule has 0 aliphatic heterocycles. The molecule has 1 aliphatic rings. The largest absolute Gasteiger partial charge is 0.331 e. The van der Waals surface area contributed by atoms with Gasteiger partial charge in [-0.15, -0.1) is 0 Å². The van der Waals surface area contributed by atoms with Crippen molar-refractivity contribution in [3.8, 4) is 11.1 Å². The van der Waals surface area contributed by atoms with Gasteiger partial charge in [-0.3, -0.25) is 0 Å². The van der Waals surface area contributed by atoms with E-state index in [2.05, 4.69) is 15.3 Å². The van der Waals surface area contributed by atoms with E-state index in [0.717, 1.165) is 29.5 Å². The van der Waals surface area contributed by atoms with E-state index < -0.39 is 0 Å². The van der Waals surface area contributed by atoms with E-state index in [1.807, 2.05) is 31.0 Å². The Bertz CT molecular complexity index is 794. The summed E-state index contributed by atoms with van der Waals surface area (Å²) in [6.45, 7) is 1.91. The van der Waals surface area contributed by atoms with Gasteiger partial charge in [-0.05, 0) is 25.3 Å². The number of nitrogens with zero attached hydrogens (tertiary/aromatic N) is 3. The van der Waals surface area contributed by atoms with Gasteiger partial charge in [0.05, 0.1) is 16.1 Å². The third-order valence-electron chi connectivity index (χ3n) is 5.23. The second kappa shape index (κ2) is 8.89. The summed E-state index contributed by atoms with van der Waals surface area (Å²) in [5.74, 6) is 0. The lowest BCUT2D eigenvalue weighted by molar-refractivity contribution is 0.171. The summed E-state index contributed by atoms with van der Waals surface area (Å²) >= 11 is 13.0. The predicted octanol–water partition coefficient (Wildman–Crippen LogP) is 5.49. The van der Waals surface area contributed by atoms with Gasteiger partial charge in [-0.25, -0.2) is 14.8 Å². The molecular weight excluding hydrogens is 383 g/mol. The number of halogens is 2. The Labute approximate surface area is 170 Å². The van der Waals surface area contributed by atoms with Gasteiger partial charge in [0.25, 0.3) is 0 Å². The van der Waals surface area contributed by atoms with E-state index in [1.54, 1.807) is 12.4 Å². The van der Waals surface area contributed by atoms with Crippen LogP contribution in [0, 0.1) is 0 Å². The highest BCUT2D eigenvalue weighted by molar-refractivity contribution is 6.44. The standard InChI is InChI=1S/C20H24Cl2N4O/c1-13(25-20(27)26(2)15-6-4-3-5-7-15)16-8-9-17(19(22)18(16)21)14-10-23-12-24-11-14/h8-13,15H,3-7H2,1-2H3,(H,25,27). The molecule has 0 spiro atoms. The fraction of sp³-hybridized carbons (Fsp3) is 0.450. The normalized spacial score (nSPS) is 16.0. The van der Waals surface area contributed by atoms with Gasteiger partial charge in [0.1, 0.15) is 6.33 Å². The van der Waals surface area contributed by atoms with Gasteiger partial charge in [-0.2, -0.15) is 0 Å². The molecule has 2 amide bonds. The monoisotopic (exact) mass is 406 g/mol. The number of hydrogen-bond acceptors (Lipinski definition) is 3. The van der Waals surface area contributed by atoms with Crippen molar-refractivity contribution in [3.05, 3.63) is 46.5 Å². The highest BCUT2D eigenvalue weighted by Crippen LogP contribution is 2.37. The number of rotatable bonds is 4. The number of amides is 2. The van der Waals surface area contributed by atoms with E-state index in [-0.39, 0.29) is 12.1 Å². The lowest BCUT2D eigenvalue weighted by atomic mass is 9.95. The molecule has 1 heterocycles. The molecular formula is C20H24Cl2N4O. The average molecular weight is 407 g/mol. The van der Waals surface area contributed by atoms with E-state index in [4.69, 9.17) is 23.2 Å². The SMILES string of the molecule is CC(NC(=O)N(C)C1CCCCC1)c1ccc(-c2cncnc2)c(Cl)c1Cl. The zero-order chi connectivity index (χ0) is 19.4. The van der Waals surface area contributed by atoms with Crippen LogP contribution >= 0.6 is 23.2 Å². The zero-order valence-electron chi connectivity index (χ0n) is 15.6. The number of carbonyl (C=O) groups excluding carboxylic acids is 1. The number of hydrogen-bond donors (Lipinski definition) is 1. The van der Waals surface area contributed by atoms with Gasteiger partial charge in [0.15, 0.2) is 0 Å². The molecule has 3 rings (SSSR count). The van der Waals surface area contributed by atoms with Crippen LogP contribution in [-0.2, 0) is 0 Å². The summed E-state index contributed by atoms with van der Waals surface area (Å²) in [7, 11) is 1.87. The first-order chi connectivity index (χ1) is 13.0. The molecule has 1 atom stereocenters. The van der Waals surface area contributed by atoms with Gasteiger partial charge < -0.3 is 10.2 Å². The first kappa shape index (κ1) is 19.9. The second-order valence-corrected chi connectivity index (χ2v) is 7.79. The minimum atomic E-state index is -0.255. The Morgan fingerprint density at radius 2 is 1.81 bits per heavy atom. The maximum absolute atomic E-state index is 12.6. The van der Waals surface area contributed by atoms with E-state index >= 15 is 0 Å². The molecule has 27 heavy (non-hydrogen) atoms. The third kappa shape index (κ3) is 4.53. The van der Waals surface area contributed by atoms with Crippen LogP contribution in [-0.4, -0.2) is 34.0 Å². The van der Waals surface area contributed by atoms with Crippen molar-refractivity contribution < 1.29 is 4.79 Å². The van der Waals surface area contributed by atoms with Crippen LogP contribution in [0.1, 0.15) is 50.6 Å². The van der Waals surface area contributed by atoms with E-state index in [9.17, 15) is 4.79 Å². The summed E-state index contributed by atoms with van der Waals surface area (Å²) in [6.07, 6.45) is 10.6. The molecule has 1 saturated carbocycles. The second-order valence-electron chi connectivity index (χ2n) is 7.03. The van der Waals surface area contributed by atoms with Crippen molar-refractivity contribution in [1.82, 2.24) is 20.2 Å². The van der Waals surface area contributed by atoms with Gasteiger partial charge in [-0.1, -0.05) is 54.6 Å². The van der Waals surface area contributed by atoms with E-state index in [0.29, 0.717) is 16.1 Å². The highest BCUT2D eigenvalue weighted by atomic mass is 35.5. The quantitative estimate of drug-likeness (QED) is 0.730. The molecule has 1 unspecified atom stereocenters. The smallest absolute Gasteiger partial charge is 0.317 e. The number of aromatic nitrogens is 2.